The number of carboxylic acid groups (broad SMARTS) is 1. The number of rotatable bonds is 7. The summed E-state index contributed by atoms with van der Waals surface area (Å²) in [6.07, 6.45) is 0. The van der Waals surface area contributed by atoms with Crippen LogP contribution in [0.5, 0.6) is 0 Å². The number of carboxylic acids is 1. The Hall–Kier alpha value is -2.36. The van der Waals surface area contributed by atoms with E-state index in [1.807, 2.05) is 50.1 Å². The topological polar surface area (TPSA) is 73.6 Å². The van der Waals surface area contributed by atoms with Crippen LogP contribution in [0.3, 0.4) is 0 Å². The molecule has 0 atom stereocenters. The van der Waals surface area contributed by atoms with E-state index in [4.69, 9.17) is 4.74 Å². The van der Waals surface area contributed by atoms with Crippen molar-refractivity contribution in [1.29, 1.82) is 5.26 Å². The van der Waals surface area contributed by atoms with E-state index in [0.29, 0.717) is 35.9 Å². The molecule has 0 spiro atoms. The average molecular weight is 344 g/mol. The lowest BCUT2D eigenvalue weighted by Crippen LogP contribution is -2.22. The molecule has 1 heterocycles. The van der Waals surface area contributed by atoms with Gasteiger partial charge in [0.1, 0.15) is 15.9 Å². The fourth-order valence-electron chi connectivity index (χ4n) is 2.39. The van der Waals surface area contributed by atoms with Crippen LogP contribution in [-0.4, -0.2) is 37.9 Å². The zero-order chi connectivity index (χ0) is 17.7. The van der Waals surface area contributed by atoms with Gasteiger partial charge in [-0.2, -0.15) is 5.26 Å². The molecule has 0 radical (unpaired) electrons. The smallest absolute Gasteiger partial charge is 0.346 e. The summed E-state index contributed by atoms with van der Waals surface area (Å²) in [5.41, 5.74) is 2.72. The van der Waals surface area contributed by atoms with Crippen molar-refractivity contribution >= 4 is 22.3 Å². The van der Waals surface area contributed by atoms with Gasteiger partial charge < -0.3 is 14.7 Å². The summed E-state index contributed by atoms with van der Waals surface area (Å²) in [6, 6.07) is 9.73. The molecule has 0 bridgehead atoms. The summed E-state index contributed by atoms with van der Waals surface area (Å²) in [5.74, 6) is -1.02. The van der Waals surface area contributed by atoms with Gasteiger partial charge in [0.2, 0.25) is 0 Å². The molecule has 2 rings (SSSR count). The number of benzene rings is 1. The minimum absolute atomic E-state index is 0.189. The molecule has 126 valence electrons. The highest BCUT2D eigenvalue weighted by Crippen LogP contribution is 2.41. The van der Waals surface area contributed by atoms with Crippen LogP contribution in [0.4, 0.5) is 5.00 Å². The van der Waals surface area contributed by atoms with Gasteiger partial charge >= 0.3 is 5.97 Å². The highest BCUT2D eigenvalue weighted by atomic mass is 32.1. The molecule has 1 aromatic carbocycles. The summed E-state index contributed by atoms with van der Waals surface area (Å²) >= 11 is 1.13. The van der Waals surface area contributed by atoms with E-state index in [-0.39, 0.29) is 4.88 Å². The van der Waals surface area contributed by atoms with Crippen LogP contribution in [-0.2, 0) is 4.74 Å². The molecule has 0 saturated carbocycles. The van der Waals surface area contributed by atoms with Gasteiger partial charge in [-0.15, -0.1) is 11.3 Å². The van der Waals surface area contributed by atoms with Gasteiger partial charge in [0.05, 0.1) is 12.2 Å². The molecule has 5 nitrogen and oxygen atoms in total. The van der Waals surface area contributed by atoms with E-state index in [2.05, 4.69) is 6.07 Å². The predicted molar refractivity (Wildman–Crippen MR) is 95.9 cm³/mol. The zero-order valence-electron chi connectivity index (χ0n) is 14.0. The molecule has 24 heavy (non-hydrogen) atoms. The van der Waals surface area contributed by atoms with Gasteiger partial charge in [-0.05, 0) is 19.4 Å². The Morgan fingerprint density at radius 1 is 1.38 bits per heavy atom. The number of thiophene rings is 1. The fourth-order valence-corrected chi connectivity index (χ4v) is 3.48. The quantitative estimate of drug-likeness (QED) is 0.774. The molecule has 0 fully saturated rings. The number of ether oxygens (including phenoxy) is 1. The molecule has 6 heteroatoms. The van der Waals surface area contributed by atoms with E-state index < -0.39 is 5.97 Å². The number of nitrogens with zero attached hydrogens (tertiary/aromatic N) is 2. The first-order valence-electron chi connectivity index (χ1n) is 7.65. The van der Waals surface area contributed by atoms with E-state index in [1.165, 1.54) is 0 Å². The first kappa shape index (κ1) is 18.0. The number of hydrogen-bond donors (Lipinski definition) is 1. The highest BCUT2D eigenvalue weighted by Gasteiger charge is 2.25. The first-order chi connectivity index (χ1) is 11.5. The summed E-state index contributed by atoms with van der Waals surface area (Å²) in [4.78, 5) is 13.8. The third-order valence-corrected chi connectivity index (χ3v) is 4.95. The molecule has 0 unspecified atom stereocenters. The lowest BCUT2D eigenvalue weighted by molar-refractivity contribution is 0.0703. The zero-order valence-corrected chi connectivity index (χ0v) is 14.8. The van der Waals surface area contributed by atoms with Crippen molar-refractivity contribution in [2.24, 2.45) is 0 Å². The van der Waals surface area contributed by atoms with Crippen molar-refractivity contribution < 1.29 is 14.6 Å². The van der Waals surface area contributed by atoms with Gasteiger partial charge in [0, 0.05) is 25.8 Å². The molecular weight excluding hydrogens is 324 g/mol. The molecular formula is C18H20N2O3S. The molecule has 0 aliphatic rings. The monoisotopic (exact) mass is 344 g/mol. The molecule has 0 saturated heterocycles. The summed E-state index contributed by atoms with van der Waals surface area (Å²) < 4.78 is 5.35. The maximum atomic E-state index is 11.7. The van der Waals surface area contributed by atoms with E-state index in [1.54, 1.807) is 0 Å². The van der Waals surface area contributed by atoms with Crippen LogP contribution in [0.2, 0.25) is 0 Å². The Balaban J connectivity index is 2.51. The Labute approximate surface area is 145 Å². The van der Waals surface area contributed by atoms with Crippen molar-refractivity contribution in [3.63, 3.8) is 0 Å². The molecule has 2 aromatic rings. The van der Waals surface area contributed by atoms with Gasteiger partial charge in [0.25, 0.3) is 0 Å². The van der Waals surface area contributed by atoms with Crippen molar-refractivity contribution in [1.82, 2.24) is 0 Å². The number of nitriles is 1. The normalized spacial score (nSPS) is 10.4. The lowest BCUT2D eigenvalue weighted by atomic mass is 10.0. The van der Waals surface area contributed by atoms with Crippen LogP contribution in [0.1, 0.15) is 27.7 Å². The average Bonchev–Trinajstić information content (AvgIpc) is 2.95. The van der Waals surface area contributed by atoms with Crippen LogP contribution >= 0.6 is 11.3 Å². The molecule has 0 amide bonds. The number of aryl methyl sites for hydroxylation is 1. The number of aromatic carboxylic acids is 1. The van der Waals surface area contributed by atoms with E-state index >= 15 is 0 Å². The number of likely N-dealkylation sites (N-methyl/N-ethyl adjacent to an activating group) is 1. The largest absolute Gasteiger partial charge is 0.477 e. The predicted octanol–water partition coefficient (Wildman–Crippen LogP) is 3.77. The van der Waals surface area contributed by atoms with Crippen LogP contribution in [0, 0.1) is 18.3 Å². The Kier molecular flexibility index (Phi) is 5.96. The fraction of sp³-hybridized carbons (Fsp3) is 0.333. The number of hydrogen-bond acceptors (Lipinski definition) is 5. The summed E-state index contributed by atoms with van der Waals surface area (Å²) in [6.45, 7) is 5.63. The molecule has 1 N–H and O–H groups in total. The molecule has 0 aliphatic carbocycles. The maximum Gasteiger partial charge on any atom is 0.346 e. The SMILES string of the molecule is CCOCCN(C)c1sc(C(=O)O)c(-c2ccc(C)cc2)c1C#N. The Morgan fingerprint density at radius 3 is 2.58 bits per heavy atom. The summed E-state index contributed by atoms with van der Waals surface area (Å²) in [7, 11) is 1.84. The number of carbonyl (C=O) groups is 1. The van der Waals surface area contributed by atoms with Gasteiger partial charge in [-0.1, -0.05) is 29.8 Å². The van der Waals surface area contributed by atoms with Gasteiger partial charge in [-0.25, -0.2) is 4.79 Å². The van der Waals surface area contributed by atoms with Crippen LogP contribution < -0.4 is 4.90 Å². The maximum absolute atomic E-state index is 11.7. The highest BCUT2D eigenvalue weighted by molar-refractivity contribution is 7.18. The Morgan fingerprint density at radius 2 is 2.04 bits per heavy atom. The standard InChI is InChI=1S/C18H20N2O3S/c1-4-23-10-9-20(3)17-14(11-19)15(16(24-17)18(21)22)13-7-5-12(2)6-8-13/h5-8H,4,9-10H2,1-3H3,(H,21,22). The second kappa shape index (κ2) is 7.95. The Bertz CT molecular complexity index is 760. The second-order valence-corrected chi connectivity index (χ2v) is 6.39. The molecule has 0 aliphatic heterocycles. The molecule has 1 aromatic heterocycles. The van der Waals surface area contributed by atoms with Crippen molar-refractivity contribution in [2.45, 2.75) is 13.8 Å². The van der Waals surface area contributed by atoms with Crippen LogP contribution in [0.25, 0.3) is 11.1 Å². The summed E-state index contributed by atoms with van der Waals surface area (Å²) in [5, 5.41) is 19.9. The van der Waals surface area contributed by atoms with Crippen molar-refractivity contribution in [2.75, 3.05) is 31.7 Å². The first-order valence-corrected chi connectivity index (χ1v) is 8.47. The number of anilines is 1. The van der Waals surface area contributed by atoms with Gasteiger partial charge in [-0.3, -0.25) is 0 Å². The van der Waals surface area contributed by atoms with Crippen molar-refractivity contribution in [3.05, 3.63) is 40.3 Å². The van der Waals surface area contributed by atoms with Crippen molar-refractivity contribution in [3.8, 4) is 17.2 Å². The van der Waals surface area contributed by atoms with Crippen LogP contribution in [0.15, 0.2) is 24.3 Å². The van der Waals surface area contributed by atoms with E-state index in [0.717, 1.165) is 22.5 Å². The van der Waals surface area contributed by atoms with Gasteiger partial charge in [0.15, 0.2) is 0 Å². The minimum atomic E-state index is -1.02. The lowest BCUT2D eigenvalue weighted by Gasteiger charge is -2.17. The van der Waals surface area contributed by atoms with E-state index in [9.17, 15) is 15.2 Å². The third-order valence-electron chi connectivity index (χ3n) is 3.66. The minimum Gasteiger partial charge on any atom is -0.477 e. The second-order valence-electron chi connectivity index (χ2n) is 5.39. The third kappa shape index (κ3) is 3.75.